The summed E-state index contributed by atoms with van der Waals surface area (Å²) in [5.74, 6) is 0.748. The number of aromatic nitrogens is 5. The Balaban J connectivity index is 1.65. The number of aliphatic hydroxyl groups excluding tert-OH is 1. The minimum atomic E-state index is -0.429. The van der Waals surface area contributed by atoms with Gasteiger partial charge in [-0.3, -0.25) is 9.36 Å². The first-order valence-electron chi connectivity index (χ1n) is 9.86. The summed E-state index contributed by atoms with van der Waals surface area (Å²) in [5, 5.41) is 16.0. The van der Waals surface area contributed by atoms with E-state index in [0.717, 1.165) is 5.56 Å². The number of ether oxygens (including phenoxy) is 1. The van der Waals surface area contributed by atoms with Gasteiger partial charge in [0, 0.05) is 18.9 Å². The van der Waals surface area contributed by atoms with Crippen molar-refractivity contribution in [3.05, 3.63) is 83.3 Å². The lowest BCUT2D eigenvalue weighted by Crippen LogP contribution is -2.18. The van der Waals surface area contributed by atoms with Crippen molar-refractivity contribution in [3.63, 3.8) is 0 Å². The molecule has 3 aromatic heterocycles. The fourth-order valence-corrected chi connectivity index (χ4v) is 3.38. The Morgan fingerprint density at radius 1 is 1.21 bits per heavy atom. The molecule has 0 saturated heterocycles. The molecule has 0 unspecified atom stereocenters. The number of aliphatic hydroxyl groups is 1. The maximum Gasteiger partial charge on any atom is 0.261 e. The van der Waals surface area contributed by atoms with Gasteiger partial charge in [0.25, 0.3) is 5.91 Å². The Hall–Kier alpha value is -4.02. The Bertz CT molecular complexity index is 1260. The molecule has 0 aliphatic rings. The summed E-state index contributed by atoms with van der Waals surface area (Å²) in [5.41, 5.74) is 2.13. The molecule has 0 bridgehead atoms. The van der Waals surface area contributed by atoms with Gasteiger partial charge in [-0.1, -0.05) is 17.7 Å². The van der Waals surface area contributed by atoms with Crippen molar-refractivity contribution in [1.29, 1.82) is 0 Å². The normalized spacial score (nSPS) is 10.6. The van der Waals surface area contributed by atoms with E-state index in [-0.39, 0.29) is 12.2 Å². The van der Waals surface area contributed by atoms with Crippen LogP contribution < -0.4 is 15.4 Å². The highest BCUT2D eigenvalue weighted by atomic mass is 35.5. The van der Waals surface area contributed by atoms with E-state index in [1.807, 2.05) is 6.07 Å². The molecule has 10 nitrogen and oxygen atoms in total. The molecule has 1 amide bonds. The van der Waals surface area contributed by atoms with Crippen LogP contribution in [0, 0.1) is 0 Å². The number of nitrogens with one attached hydrogen (secondary N) is 2. The van der Waals surface area contributed by atoms with Crippen molar-refractivity contribution in [2.24, 2.45) is 0 Å². The number of hydrogen-bond acceptors (Lipinski definition) is 8. The van der Waals surface area contributed by atoms with Crippen molar-refractivity contribution >= 4 is 29.0 Å². The summed E-state index contributed by atoms with van der Waals surface area (Å²) in [4.78, 5) is 29.6. The molecular weight excluding hydrogens is 446 g/mol. The van der Waals surface area contributed by atoms with Gasteiger partial charge >= 0.3 is 0 Å². The molecule has 4 rings (SSSR count). The first-order chi connectivity index (χ1) is 16.1. The van der Waals surface area contributed by atoms with Gasteiger partial charge < -0.3 is 20.5 Å². The number of rotatable bonds is 8. The van der Waals surface area contributed by atoms with E-state index in [2.05, 4.69) is 30.6 Å². The Kier molecular flexibility index (Phi) is 6.77. The highest BCUT2D eigenvalue weighted by Gasteiger charge is 2.17. The molecule has 0 atom stereocenters. The van der Waals surface area contributed by atoms with Crippen LogP contribution in [-0.4, -0.2) is 42.6 Å². The first-order valence-corrected chi connectivity index (χ1v) is 10.2. The molecule has 0 fully saturated rings. The third kappa shape index (κ3) is 5.08. The van der Waals surface area contributed by atoms with Crippen LogP contribution in [0.1, 0.15) is 21.6 Å². The summed E-state index contributed by atoms with van der Waals surface area (Å²) in [6.07, 6.45) is 7.50. The topological polar surface area (TPSA) is 127 Å². The van der Waals surface area contributed by atoms with Crippen LogP contribution in [-0.2, 0) is 13.2 Å². The Morgan fingerprint density at radius 2 is 2.03 bits per heavy atom. The van der Waals surface area contributed by atoms with Crippen molar-refractivity contribution in [2.45, 2.75) is 13.2 Å². The largest absolute Gasteiger partial charge is 0.495 e. The third-order valence-corrected chi connectivity index (χ3v) is 5.02. The van der Waals surface area contributed by atoms with Gasteiger partial charge in [0.1, 0.15) is 23.5 Å². The van der Waals surface area contributed by atoms with Crippen LogP contribution in [0.15, 0.2) is 61.4 Å². The molecule has 0 aliphatic carbocycles. The van der Waals surface area contributed by atoms with Crippen molar-refractivity contribution < 1.29 is 14.6 Å². The van der Waals surface area contributed by atoms with Gasteiger partial charge in [0.05, 0.1) is 42.5 Å². The minimum absolute atomic E-state index is 0.181. The average molecular weight is 466 g/mol. The summed E-state index contributed by atoms with van der Waals surface area (Å²) >= 11 is 6.23. The van der Waals surface area contributed by atoms with Gasteiger partial charge in [-0.05, 0) is 29.8 Å². The van der Waals surface area contributed by atoms with Crippen molar-refractivity contribution in [2.75, 3.05) is 17.7 Å². The van der Waals surface area contributed by atoms with E-state index in [1.165, 1.54) is 24.9 Å². The van der Waals surface area contributed by atoms with Crippen LogP contribution in [0.5, 0.6) is 5.75 Å². The van der Waals surface area contributed by atoms with Crippen LogP contribution in [0.4, 0.5) is 11.5 Å². The lowest BCUT2D eigenvalue weighted by Gasteiger charge is -2.14. The number of benzene rings is 1. The zero-order chi connectivity index (χ0) is 23.2. The molecule has 4 aromatic rings. The number of carbonyl (C=O) groups is 1. The lowest BCUT2D eigenvalue weighted by molar-refractivity contribution is 0.102. The van der Waals surface area contributed by atoms with Crippen LogP contribution in [0.25, 0.3) is 5.95 Å². The number of amides is 1. The predicted octanol–water partition coefficient (Wildman–Crippen LogP) is 3.08. The molecule has 0 aliphatic heterocycles. The zero-order valence-electron chi connectivity index (χ0n) is 17.6. The van der Waals surface area contributed by atoms with Crippen molar-refractivity contribution in [1.82, 2.24) is 24.5 Å². The van der Waals surface area contributed by atoms with Crippen LogP contribution in [0.2, 0.25) is 5.02 Å². The molecule has 11 heteroatoms. The number of halogens is 1. The molecular formula is C22H20ClN7O3. The van der Waals surface area contributed by atoms with Gasteiger partial charge in [0.15, 0.2) is 0 Å². The van der Waals surface area contributed by atoms with Gasteiger partial charge in [-0.25, -0.2) is 15.0 Å². The highest BCUT2D eigenvalue weighted by molar-refractivity contribution is 6.32. The Labute approximate surface area is 194 Å². The zero-order valence-corrected chi connectivity index (χ0v) is 18.3. The summed E-state index contributed by atoms with van der Waals surface area (Å²) in [6.45, 7) is 0.160. The monoisotopic (exact) mass is 465 g/mol. The lowest BCUT2D eigenvalue weighted by atomic mass is 10.2. The van der Waals surface area contributed by atoms with E-state index in [1.54, 1.807) is 42.1 Å². The van der Waals surface area contributed by atoms with Crippen molar-refractivity contribution in [3.8, 4) is 11.7 Å². The molecule has 3 heterocycles. The second kappa shape index (κ2) is 10.1. The summed E-state index contributed by atoms with van der Waals surface area (Å²) < 4.78 is 6.83. The van der Waals surface area contributed by atoms with Gasteiger partial charge in [-0.2, -0.15) is 4.98 Å². The van der Waals surface area contributed by atoms with Crippen LogP contribution in [0.3, 0.4) is 0 Å². The highest BCUT2D eigenvalue weighted by Crippen LogP contribution is 2.26. The van der Waals surface area contributed by atoms with Gasteiger partial charge in [0.2, 0.25) is 5.95 Å². The van der Waals surface area contributed by atoms with E-state index in [9.17, 15) is 9.90 Å². The SMILES string of the molecule is COc1ccc(CNc2nc(-n3cccc3CO)ncc2C(=O)Nc2cncnc2)cc1Cl. The van der Waals surface area contributed by atoms with E-state index in [0.29, 0.717) is 40.5 Å². The molecule has 0 saturated carbocycles. The quantitative estimate of drug-likeness (QED) is 0.362. The smallest absolute Gasteiger partial charge is 0.261 e. The van der Waals surface area contributed by atoms with Gasteiger partial charge in [-0.15, -0.1) is 0 Å². The minimum Gasteiger partial charge on any atom is -0.495 e. The Morgan fingerprint density at radius 3 is 2.76 bits per heavy atom. The molecule has 168 valence electrons. The number of anilines is 2. The number of methoxy groups -OCH3 is 1. The first kappa shape index (κ1) is 22.2. The molecule has 1 aromatic carbocycles. The molecule has 0 spiro atoms. The second-order valence-electron chi connectivity index (χ2n) is 6.86. The van der Waals surface area contributed by atoms with E-state index < -0.39 is 5.91 Å². The van der Waals surface area contributed by atoms with Crippen LogP contribution >= 0.6 is 11.6 Å². The second-order valence-corrected chi connectivity index (χ2v) is 7.27. The third-order valence-electron chi connectivity index (χ3n) is 4.73. The average Bonchev–Trinajstić information content (AvgIpc) is 3.32. The molecule has 3 N–H and O–H groups in total. The number of carbonyl (C=O) groups excluding carboxylic acids is 1. The maximum absolute atomic E-state index is 12.9. The maximum atomic E-state index is 12.9. The fraction of sp³-hybridized carbons (Fsp3) is 0.136. The number of nitrogens with zero attached hydrogens (tertiary/aromatic N) is 5. The predicted molar refractivity (Wildman–Crippen MR) is 123 cm³/mol. The summed E-state index contributed by atoms with van der Waals surface area (Å²) in [6, 6.07) is 8.92. The standard InChI is InChI=1S/C22H20ClN7O3/c1-33-19-5-4-14(7-18(19)23)8-26-20-17(21(32)28-15-9-24-13-25-10-15)11-27-22(29-20)30-6-2-3-16(30)12-31/h2-7,9-11,13,31H,8,12H2,1H3,(H,28,32)(H,26,27,29). The molecule has 0 radical (unpaired) electrons. The summed E-state index contributed by atoms with van der Waals surface area (Å²) in [7, 11) is 1.55. The van der Waals surface area contributed by atoms with E-state index in [4.69, 9.17) is 16.3 Å². The van der Waals surface area contributed by atoms with E-state index >= 15 is 0 Å². The number of hydrogen-bond donors (Lipinski definition) is 3. The molecule has 33 heavy (non-hydrogen) atoms. The fourth-order valence-electron chi connectivity index (χ4n) is 3.10.